The van der Waals surface area contributed by atoms with Crippen LogP contribution in [0.3, 0.4) is 0 Å². The second-order valence-corrected chi connectivity index (χ2v) is 13.9. The zero-order valence-electron chi connectivity index (χ0n) is 25.6. The molecule has 0 heterocycles. The molecule has 0 unspecified atom stereocenters. The van der Waals surface area contributed by atoms with E-state index in [9.17, 15) is 9.59 Å². The molecule has 0 spiro atoms. The molecule has 0 saturated heterocycles. The highest BCUT2D eigenvalue weighted by Crippen LogP contribution is 2.66. The lowest BCUT2D eigenvalue weighted by Crippen LogP contribution is -2.56. The summed E-state index contributed by atoms with van der Waals surface area (Å²) in [6.07, 6.45) is 2.50. The molecule has 3 atom stereocenters. The van der Waals surface area contributed by atoms with E-state index in [0.29, 0.717) is 5.92 Å². The van der Waals surface area contributed by atoms with Gasteiger partial charge in [-0.3, -0.25) is 9.59 Å². The average molecular weight is 537 g/mol. The van der Waals surface area contributed by atoms with Crippen LogP contribution in [-0.4, -0.2) is 11.6 Å². The zero-order chi connectivity index (χ0) is 28.8. The summed E-state index contributed by atoms with van der Waals surface area (Å²) < 4.78 is 0. The Balaban J connectivity index is 0.00000370. The molecule has 0 bridgehead atoms. The van der Waals surface area contributed by atoms with Crippen LogP contribution in [-0.2, 0) is 11.2 Å². The smallest absolute Gasteiger partial charge is 0.190 e. The van der Waals surface area contributed by atoms with Crippen molar-refractivity contribution in [3.63, 3.8) is 0 Å². The van der Waals surface area contributed by atoms with Crippen LogP contribution in [0.1, 0.15) is 114 Å². The van der Waals surface area contributed by atoms with Crippen molar-refractivity contribution >= 4 is 11.6 Å². The van der Waals surface area contributed by atoms with Gasteiger partial charge in [-0.2, -0.15) is 0 Å². The van der Waals surface area contributed by atoms with Gasteiger partial charge >= 0.3 is 0 Å². The molecule has 0 amide bonds. The number of hydrogen-bond acceptors (Lipinski definition) is 2. The van der Waals surface area contributed by atoms with E-state index in [4.69, 9.17) is 0 Å². The molecule has 0 aliphatic heterocycles. The lowest BCUT2D eigenvalue weighted by Gasteiger charge is -2.59. The van der Waals surface area contributed by atoms with Crippen molar-refractivity contribution in [3.8, 4) is 11.1 Å². The Morgan fingerprint density at radius 2 is 1.55 bits per heavy atom. The van der Waals surface area contributed by atoms with E-state index in [1.54, 1.807) is 0 Å². The molecule has 212 valence electrons. The Morgan fingerprint density at radius 1 is 0.950 bits per heavy atom. The van der Waals surface area contributed by atoms with Gasteiger partial charge in [-0.15, -0.1) is 0 Å². The SMILES string of the molecule is C.C=C(C)C1=C(C)C[C@@]2(C)C[C@@]3(C)Cc4c(C(C)C)cc(-c5ccc(C)cc5)c(C)c4C(=O)C3=C(C)[C@@]2(C)C1=O. The van der Waals surface area contributed by atoms with Crippen LogP contribution in [0.2, 0.25) is 0 Å². The molecule has 0 fully saturated rings. The first-order chi connectivity index (χ1) is 18.1. The van der Waals surface area contributed by atoms with Crippen LogP contribution in [0, 0.1) is 30.1 Å². The molecule has 40 heavy (non-hydrogen) atoms. The predicted molar refractivity (Wildman–Crippen MR) is 169 cm³/mol. The summed E-state index contributed by atoms with van der Waals surface area (Å²) >= 11 is 0. The number of rotatable bonds is 3. The molecule has 0 N–H and O–H groups in total. The van der Waals surface area contributed by atoms with Crippen LogP contribution < -0.4 is 0 Å². The Bertz CT molecular complexity index is 1530. The third-order valence-electron chi connectivity index (χ3n) is 10.6. The maximum absolute atomic E-state index is 14.8. The molecule has 2 aromatic carbocycles. The summed E-state index contributed by atoms with van der Waals surface area (Å²) in [4.78, 5) is 29.1. The quantitative estimate of drug-likeness (QED) is 0.391. The van der Waals surface area contributed by atoms with Gasteiger partial charge in [-0.05, 0) is 106 Å². The number of ketones is 2. The number of Topliss-reactive ketones (excluding diaryl/α,β-unsaturated/α-hetero) is 2. The van der Waals surface area contributed by atoms with Gasteiger partial charge in [-0.1, -0.05) is 88.7 Å². The van der Waals surface area contributed by atoms with Crippen molar-refractivity contribution in [2.45, 2.75) is 102 Å². The summed E-state index contributed by atoms with van der Waals surface area (Å²) in [6.45, 7) is 25.6. The standard InChI is InChI=1S/C37H44O2.CH4/c1-20(2)27-16-28(26-14-12-22(5)13-15-26)24(7)31-29(27)18-35(9)19-36(10)17-23(6)30(21(3)4)34(39)37(36,11)25(8)32(35)33(31)38;/h12-16,20H,3,17-19H2,1-2,4-11H3;1H4/t35-,36+,37+;/m1./s1. The molecule has 3 aliphatic rings. The van der Waals surface area contributed by atoms with Crippen LogP contribution in [0.4, 0.5) is 0 Å². The average Bonchev–Trinajstić information content (AvgIpc) is 2.81. The Labute approximate surface area is 242 Å². The number of aryl methyl sites for hydroxylation is 1. The van der Waals surface area contributed by atoms with Crippen molar-refractivity contribution in [2.75, 3.05) is 0 Å². The zero-order valence-corrected chi connectivity index (χ0v) is 25.6. The van der Waals surface area contributed by atoms with E-state index in [0.717, 1.165) is 69.4 Å². The number of carbonyl (C=O) groups is 2. The van der Waals surface area contributed by atoms with E-state index in [1.807, 2.05) is 6.92 Å². The third-order valence-corrected chi connectivity index (χ3v) is 10.6. The van der Waals surface area contributed by atoms with Crippen molar-refractivity contribution in [1.82, 2.24) is 0 Å². The van der Waals surface area contributed by atoms with Gasteiger partial charge in [0, 0.05) is 22.1 Å². The highest BCUT2D eigenvalue weighted by molar-refractivity contribution is 6.16. The molecule has 2 heteroatoms. The Morgan fingerprint density at radius 3 is 2.10 bits per heavy atom. The van der Waals surface area contributed by atoms with Crippen LogP contribution in [0.15, 0.2) is 64.8 Å². The lowest BCUT2D eigenvalue weighted by atomic mass is 9.42. The van der Waals surface area contributed by atoms with Gasteiger partial charge in [-0.25, -0.2) is 0 Å². The van der Waals surface area contributed by atoms with Gasteiger partial charge in [0.05, 0.1) is 5.41 Å². The first-order valence-corrected chi connectivity index (χ1v) is 14.5. The Kier molecular flexibility index (Phi) is 7.15. The topological polar surface area (TPSA) is 34.1 Å². The molecule has 0 radical (unpaired) electrons. The second-order valence-electron chi connectivity index (χ2n) is 13.9. The highest BCUT2D eigenvalue weighted by atomic mass is 16.1. The second kappa shape index (κ2) is 9.54. The van der Waals surface area contributed by atoms with E-state index < -0.39 is 5.41 Å². The minimum atomic E-state index is -0.730. The molecular formula is C38H48O2. The summed E-state index contributed by atoms with van der Waals surface area (Å²) in [7, 11) is 0. The van der Waals surface area contributed by atoms with Gasteiger partial charge in [0.1, 0.15) is 0 Å². The van der Waals surface area contributed by atoms with Gasteiger partial charge in [0.15, 0.2) is 11.6 Å². The number of hydrogen-bond donors (Lipinski definition) is 0. The van der Waals surface area contributed by atoms with Crippen molar-refractivity contribution in [2.24, 2.45) is 16.2 Å². The number of fused-ring (bicyclic) bond motifs is 3. The Hall–Kier alpha value is -3.00. The number of carbonyl (C=O) groups excluding carboxylic acids is 2. The van der Waals surface area contributed by atoms with Gasteiger partial charge in [0.25, 0.3) is 0 Å². The van der Waals surface area contributed by atoms with Crippen LogP contribution >= 0.6 is 0 Å². The van der Waals surface area contributed by atoms with Crippen molar-refractivity contribution < 1.29 is 9.59 Å². The predicted octanol–water partition coefficient (Wildman–Crippen LogP) is 10.1. The van der Waals surface area contributed by atoms with Gasteiger partial charge in [0.2, 0.25) is 0 Å². The maximum atomic E-state index is 14.8. The number of benzene rings is 2. The summed E-state index contributed by atoms with van der Waals surface area (Å²) in [5.41, 5.74) is 11.2. The van der Waals surface area contributed by atoms with Crippen molar-refractivity contribution in [3.05, 3.63) is 92.6 Å². The lowest BCUT2D eigenvalue weighted by molar-refractivity contribution is -0.132. The minimum Gasteiger partial charge on any atom is -0.293 e. The van der Waals surface area contributed by atoms with E-state index >= 15 is 0 Å². The van der Waals surface area contributed by atoms with Crippen LogP contribution in [0.25, 0.3) is 11.1 Å². The molecule has 2 nitrogen and oxygen atoms in total. The summed E-state index contributed by atoms with van der Waals surface area (Å²) in [5.74, 6) is 0.569. The molecule has 5 rings (SSSR count). The normalized spacial score (nSPS) is 27.8. The largest absolute Gasteiger partial charge is 0.293 e. The summed E-state index contributed by atoms with van der Waals surface area (Å²) in [6, 6.07) is 10.9. The molecular weight excluding hydrogens is 488 g/mol. The van der Waals surface area contributed by atoms with Gasteiger partial charge < -0.3 is 0 Å². The third kappa shape index (κ3) is 3.89. The van der Waals surface area contributed by atoms with E-state index in [2.05, 4.69) is 99.2 Å². The fourth-order valence-corrected chi connectivity index (χ4v) is 8.65. The molecule has 2 aromatic rings. The highest BCUT2D eigenvalue weighted by Gasteiger charge is 2.63. The maximum Gasteiger partial charge on any atom is 0.190 e. The van der Waals surface area contributed by atoms with Crippen LogP contribution in [0.5, 0.6) is 0 Å². The number of allylic oxidation sites excluding steroid dienone is 5. The van der Waals surface area contributed by atoms with E-state index in [-0.39, 0.29) is 29.8 Å². The first kappa shape index (κ1) is 30.0. The fourth-order valence-electron chi connectivity index (χ4n) is 8.65. The summed E-state index contributed by atoms with van der Waals surface area (Å²) in [5, 5.41) is 0. The fraction of sp³-hybridized carbons (Fsp3) is 0.474. The molecule has 3 aliphatic carbocycles. The van der Waals surface area contributed by atoms with E-state index in [1.165, 1.54) is 16.7 Å². The first-order valence-electron chi connectivity index (χ1n) is 14.5. The minimum absolute atomic E-state index is 0. The van der Waals surface area contributed by atoms with Crippen molar-refractivity contribution in [1.29, 1.82) is 0 Å². The molecule has 0 saturated carbocycles. The monoisotopic (exact) mass is 536 g/mol. The molecule has 0 aromatic heterocycles.